The van der Waals surface area contributed by atoms with Crippen molar-refractivity contribution in [1.82, 2.24) is 14.4 Å². The van der Waals surface area contributed by atoms with Gasteiger partial charge in [-0.15, -0.1) is 9.19 Å². The molecule has 0 radical (unpaired) electrons. The van der Waals surface area contributed by atoms with E-state index in [-0.39, 0.29) is 10.3 Å². The summed E-state index contributed by atoms with van der Waals surface area (Å²) in [5.41, 5.74) is 1.54. The van der Waals surface area contributed by atoms with Gasteiger partial charge in [-0.05, 0) is 35.7 Å². The van der Waals surface area contributed by atoms with Gasteiger partial charge in [-0.1, -0.05) is 38.1 Å². The summed E-state index contributed by atoms with van der Waals surface area (Å²) in [5, 5.41) is 7.75. The minimum Gasteiger partial charge on any atom is -0.496 e. The Balaban J connectivity index is 2.21. The second kappa shape index (κ2) is 5.59. The lowest BCUT2D eigenvalue weighted by molar-refractivity contribution is 0.397. The van der Waals surface area contributed by atoms with E-state index >= 15 is 0 Å². The van der Waals surface area contributed by atoms with Gasteiger partial charge in [0, 0.05) is 5.56 Å². The van der Waals surface area contributed by atoms with Crippen LogP contribution in [0, 0.1) is 0 Å². The van der Waals surface area contributed by atoms with Gasteiger partial charge in [0.15, 0.2) is 0 Å². The molecule has 0 saturated carbocycles. The summed E-state index contributed by atoms with van der Waals surface area (Å²) in [7, 11) is -2.27. The average Bonchev–Trinajstić information content (AvgIpc) is 2.98. The van der Waals surface area contributed by atoms with E-state index in [1.807, 2.05) is 20.8 Å². The van der Waals surface area contributed by atoms with Crippen LogP contribution in [-0.2, 0) is 15.4 Å². The molecule has 0 atom stereocenters. The summed E-state index contributed by atoms with van der Waals surface area (Å²) < 4.78 is 32.4. The van der Waals surface area contributed by atoms with Crippen LogP contribution in [0.25, 0.3) is 11.0 Å². The molecular weight excluding hydrogens is 326 g/mol. The Bertz CT molecular complexity index is 1000. The first-order chi connectivity index (χ1) is 11.2. The number of methoxy groups -OCH3 is 1. The van der Waals surface area contributed by atoms with Crippen LogP contribution in [0.3, 0.4) is 0 Å². The number of nitrogens with zero attached hydrogens (tertiary/aromatic N) is 3. The van der Waals surface area contributed by atoms with Crippen molar-refractivity contribution in [2.75, 3.05) is 7.11 Å². The van der Waals surface area contributed by atoms with Crippen molar-refractivity contribution in [3.63, 3.8) is 0 Å². The van der Waals surface area contributed by atoms with Crippen LogP contribution in [-0.4, -0.2) is 29.9 Å². The molecule has 0 aliphatic heterocycles. The highest BCUT2D eigenvalue weighted by Crippen LogP contribution is 2.33. The molecule has 1 heterocycles. The fourth-order valence-corrected chi connectivity index (χ4v) is 3.81. The highest BCUT2D eigenvalue weighted by molar-refractivity contribution is 7.90. The summed E-state index contributed by atoms with van der Waals surface area (Å²) in [6, 6.07) is 11.8. The summed E-state index contributed by atoms with van der Waals surface area (Å²) >= 11 is 0. The van der Waals surface area contributed by atoms with E-state index in [0.717, 1.165) is 9.65 Å². The first-order valence-corrected chi connectivity index (χ1v) is 8.94. The second-order valence-corrected chi connectivity index (χ2v) is 8.31. The smallest absolute Gasteiger partial charge is 0.284 e. The van der Waals surface area contributed by atoms with Crippen molar-refractivity contribution in [1.29, 1.82) is 0 Å². The molecule has 3 rings (SSSR count). The molecule has 0 spiro atoms. The maximum Gasteiger partial charge on any atom is 0.284 e. The SMILES string of the molecule is COc1ccc(S(=O)(=O)n2nnc3ccccc32)cc1C(C)(C)C. The minimum atomic E-state index is -3.84. The van der Waals surface area contributed by atoms with Crippen molar-refractivity contribution in [2.45, 2.75) is 31.1 Å². The van der Waals surface area contributed by atoms with Crippen LogP contribution in [0.1, 0.15) is 26.3 Å². The summed E-state index contributed by atoms with van der Waals surface area (Å²) in [6.45, 7) is 6.02. The Hall–Kier alpha value is -2.41. The van der Waals surface area contributed by atoms with E-state index < -0.39 is 10.0 Å². The summed E-state index contributed by atoms with van der Waals surface area (Å²) in [5.74, 6) is 0.657. The third kappa shape index (κ3) is 2.65. The first kappa shape index (κ1) is 16.4. The second-order valence-electron chi connectivity index (χ2n) is 6.54. The highest BCUT2D eigenvalue weighted by atomic mass is 32.2. The quantitative estimate of drug-likeness (QED) is 0.729. The third-order valence-corrected chi connectivity index (χ3v) is 5.40. The molecule has 0 fully saturated rings. The van der Waals surface area contributed by atoms with E-state index in [0.29, 0.717) is 16.8 Å². The third-order valence-electron chi connectivity index (χ3n) is 3.83. The molecular formula is C17H19N3O3S. The summed E-state index contributed by atoms with van der Waals surface area (Å²) in [6.07, 6.45) is 0. The molecule has 7 heteroatoms. The molecule has 3 aromatic rings. The molecule has 24 heavy (non-hydrogen) atoms. The number of aromatic nitrogens is 3. The largest absolute Gasteiger partial charge is 0.496 e. The average molecular weight is 345 g/mol. The molecule has 0 unspecified atom stereocenters. The van der Waals surface area contributed by atoms with E-state index in [2.05, 4.69) is 10.3 Å². The molecule has 0 aliphatic rings. The van der Waals surface area contributed by atoms with Gasteiger partial charge in [-0.25, -0.2) is 0 Å². The Kier molecular flexibility index (Phi) is 3.83. The van der Waals surface area contributed by atoms with Gasteiger partial charge in [0.2, 0.25) is 0 Å². The minimum absolute atomic E-state index is 0.156. The molecule has 0 bridgehead atoms. The predicted molar refractivity (Wildman–Crippen MR) is 91.8 cm³/mol. The van der Waals surface area contributed by atoms with Crippen molar-refractivity contribution in [2.24, 2.45) is 0 Å². The zero-order chi connectivity index (χ0) is 17.5. The normalized spacial score (nSPS) is 12.5. The van der Waals surface area contributed by atoms with Crippen LogP contribution in [0.5, 0.6) is 5.75 Å². The van der Waals surface area contributed by atoms with Crippen molar-refractivity contribution < 1.29 is 13.2 Å². The Labute approximate surface area is 141 Å². The topological polar surface area (TPSA) is 74.1 Å². The number of fused-ring (bicyclic) bond motifs is 1. The van der Waals surface area contributed by atoms with E-state index in [9.17, 15) is 8.42 Å². The number of hydrogen-bond donors (Lipinski definition) is 0. The van der Waals surface area contributed by atoms with E-state index in [4.69, 9.17) is 4.74 Å². The maximum atomic E-state index is 13.0. The number of ether oxygens (including phenoxy) is 1. The van der Waals surface area contributed by atoms with Crippen LogP contribution in [0.15, 0.2) is 47.4 Å². The predicted octanol–water partition coefficient (Wildman–Crippen LogP) is 2.97. The Morgan fingerprint density at radius 1 is 1.08 bits per heavy atom. The monoisotopic (exact) mass is 345 g/mol. The van der Waals surface area contributed by atoms with Gasteiger partial charge in [0.1, 0.15) is 16.8 Å². The zero-order valence-corrected chi connectivity index (χ0v) is 14.8. The summed E-state index contributed by atoms with van der Waals surface area (Å²) in [4.78, 5) is 0.156. The lowest BCUT2D eigenvalue weighted by atomic mass is 9.86. The number of para-hydroxylation sites is 1. The van der Waals surface area contributed by atoms with Crippen LogP contribution >= 0.6 is 0 Å². The molecule has 0 amide bonds. The molecule has 1 aromatic heterocycles. The fraction of sp³-hybridized carbons (Fsp3) is 0.294. The van der Waals surface area contributed by atoms with Crippen LogP contribution < -0.4 is 4.74 Å². The zero-order valence-electron chi connectivity index (χ0n) is 14.0. The number of rotatable bonds is 3. The van der Waals surface area contributed by atoms with Crippen LogP contribution in [0.2, 0.25) is 0 Å². The fourth-order valence-electron chi connectivity index (χ4n) is 2.56. The molecule has 0 saturated heterocycles. The van der Waals surface area contributed by atoms with Crippen LogP contribution in [0.4, 0.5) is 0 Å². The van der Waals surface area contributed by atoms with Crippen molar-refractivity contribution >= 4 is 21.1 Å². The van der Waals surface area contributed by atoms with Gasteiger partial charge in [0.05, 0.1) is 12.0 Å². The molecule has 6 nitrogen and oxygen atoms in total. The van der Waals surface area contributed by atoms with Gasteiger partial charge in [-0.3, -0.25) is 0 Å². The highest BCUT2D eigenvalue weighted by Gasteiger charge is 2.26. The maximum absolute atomic E-state index is 13.0. The molecule has 126 valence electrons. The molecule has 2 aromatic carbocycles. The van der Waals surface area contributed by atoms with Gasteiger partial charge < -0.3 is 4.74 Å². The van der Waals surface area contributed by atoms with Gasteiger partial charge in [0.25, 0.3) is 10.0 Å². The van der Waals surface area contributed by atoms with Crippen molar-refractivity contribution in [3.8, 4) is 5.75 Å². The Morgan fingerprint density at radius 3 is 2.46 bits per heavy atom. The number of benzene rings is 2. The van der Waals surface area contributed by atoms with Crippen molar-refractivity contribution in [3.05, 3.63) is 48.0 Å². The molecule has 0 N–H and O–H groups in total. The van der Waals surface area contributed by atoms with E-state index in [1.54, 1.807) is 43.5 Å². The van der Waals surface area contributed by atoms with E-state index in [1.165, 1.54) is 6.07 Å². The Morgan fingerprint density at radius 2 is 1.79 bits per heavy atom. The number of hydrogen-bond acceptors (Lipinski definition) is 5. The standard InChI is InChI=1S/C17H19N3O3S/c1-17(2,3)13-11-12(9-10-16(13)23-4)24(21,22)20-15-8-6-5-7-14(15)18-19-20/h5-11H,1-4H3. The van der Waals surface area contributed by atoms with Gasteiger partial charge in [-0.2, -0.15) is 8.42 Å². The molecule has 0 aliphatic carbocycles. The lowest BCUT2D eigenvalue weighted by Gasteiger charge is -2.22. The van der Waals surface area contributed by atoms with Gasteiger partial charge >= 0.3 is 0 Å². The first-order valence-electron chi connectivity index (χ1n) is 7.50. The lowest BCUT2D eigenvalue weighted by Crippen LogP contribution is -2.18.